The molecule has 0 aliphatic heterocycles. The molecular formula is C44H52IrN3O2-. The predicted octanol–water partition coefficient (Wildman–Crippen LogP) is 11.7. The first-order valence-corrected chi connectivity index (χ1v) is 17.9. The molecule has 50 heavy (non-hydrogen) atoms. The topological polar surface area (TPSA) is 68.0 Å². The number of aliphatic hydroxyl groups is 1. The van der Waals surface area contributed by atoms with Crippen molar-refractivity contribution in [2.75, 3.05) is 0 Å². The number of allylic oxidation sites excluding steroid dienone is 2. The van der Waals surface area contributed by atoms with Gasteiger partial charge in [-0.05, 0) is 43.4 Å². The SMILES string of the molecule is CC(C)Cc1cc(-c2ncnc3c2c2ccc4ccccc4c2n3C)[c-]c2ccccc12.CCC(C)(CC)C(=O)/C=C(\O)C(C)(CC)CC.[Ir]. The molecule has 265 valence electrons. The molecule has 0 fully saturated rings. The number of aryl methyl sites for hydroxylation is 1. The molecule has 2 heterocycles. The van der Waals surface area contributed by atoms with Crippen LogP contribution < -0.4 is 0 Å². The first-order valence-electron chi connectivity index (χ1n) is 17.9. The average molecular weight is 847 g/mol. The van der Waals surface area contributed by atoms with E-state index in [2.05, 4.69) is 103 Å². The first-order chi connectivity index (χ1) is 23.4. The van der Waals surface area contributed by atoms with Gasteiger partial charge in [0, 0.05) is 65.9 Å². The number of carbonyl (C=O) groups excluding carboxylic acids is 1. The molecule has 6 aromatic rings. The van der Waals surface area contributed by atoms with Crippen molar-refractivity contribution in [1.82, 2.24) is 14.5 Å². The zero-order chi connectivity index (χ0) is 35.5. The van der Waals surface area contributed by atoms with E-state index in [1.807, 2.05) is 41.5 Å². The zero-order valence-electron chi connectivity index (χ0n) is 31.1. The third kappa shape index (κ3) is 7.43. The summed E-state index contributed by atoms with van der Waals surface area (Å²) in [6, 6.07) is 27.4. The Balaban J connectivity index is 0.000000269. The van der Waals surface area contributed by atoms with Gasteiger partial charge in [0.25, 0.3) is 0 Å². The Morgan fingerprint density at radius 1 is 0.860 bits per heavy atom. The van der Waals surface area contributed by atoms with Crippen molar-refractivity contribution in [3.63, 3.8) is 0 Å². The fraction of sp³-hybridized carbons (Fsp3) is 0.386. The van der Waals surface area contributed by atoms with Crippen LogP contribution in [0.2, 0.25) is 0 Å². The monoisotopic (exact) mass is 847 g/mol. The van der Waals surface area contributed by atoms with Crippen molar-refractivity contribution in [2.45, 2.75) is 87.5 Å². The van der Waals surface area contributed by atoms with Crippen molar-refractivity contribution >= 4 is 49.3 Å². The Kier molecular flexibility index (Phi) is 12.5. The first kappa shape index (κ1) is 38.9. The van der Waals surface area contributed by atoms with Crippen LogP contribution in [0.25, 0.3) is 54.7 Å². The second-order valence-electron chi connectivity index (χ2n) is 14.4. The maximum Gasteiger partial charge on any atom is 0.164 e. The number of aromatic nitrogens is 3. The van der Waals surface area contributed by atoms with Crippen molar-refractivity contribution in [3.05, 3.63) is 96.5 Å². The Morgan fingerprint density at radius 3 is 2.12 bits per heavy atom. The Hall–Kier alpha value is -3.86. The summed E-state index contributed by atoms with van der Waals surface area (Å²) in [7, 11) is 2.10. The molecular weight excluding hydrogens is 795 g/mol. The standard InChI is InChI=1S/C29H24N3.C15H28O2.Ir/c1-18(2)14-21-16-22(15-20-9-5-6-10-23(20)21)27-26-25-13-12-19-8-4-7-11-24(19)28(25)32(3)29(26)31-17-30-27;1-7-14(5,8-2)12(16)11-13(17)15(6,9-3)10-4;/h4-13,16-18H,14H2,1-3H3;11,16H,7-10H2,1-6H3;/q-1;;/b;12-11-;. The van der Waals surface area contributed by atoms with Crippen LogP contribution in [0.3, 0.4) is 0 Å². The summed E-state index contributed by atoms with van der Waals surface area (Å²) >= 11 is 0. The largest absolute Gasteiger partial charge is 0.512 e. The molecule has 0 saturated heterocycles. The van der Waals surface area contributed by atoms with E-state index in [4.69, 9.17) is 4.98 Å². The number of hydrogen-bond acceptors (Lipinski definition) is 4. The van der Waals surface area contributed by atoms with Gasteiger partial charge in [0.1, 0.15) is 17.7 Å². The fourth-order valence-electron chi connectivity index (χ4n) is 6.73. The van der Waals surface area contributed by atoms with E-state index in [0.717, 1.165) is 59.8 Å². The van der Waals surface area contributed by atoms with Gasteiger partial charge in [0.05, 0.1) is 5.52 Å². The molecule has 4 aromatic carbocycles. The molecule has 0 atom stereocenters. The van der Waals surface area contributed by atoms with Crippen LogP contribution in [0.5, 0.6) is 0 Å². The summed E-state index contributed by atoms with van der Waals surface area (Å²) in [6.45, 7) is 16.6. The third-order valence-electron chi connectivity index (χ3n) is 11.0. The summed E-state index contributed by atoms with van der Waals surface area (Å²) in [4.78, 5) is 21.7. The number of aliphatic hydroxyl groups excluding tert-OH is 1. The van der Waals surface area contributed by atoms with Crippen molar-refractivity contribution in [1.29, 1.82) is 0 Å². The second-order valence-corrected chi connectivity index (χ2v) is 14.4. The fourth-order valence-corrected chi connectivity index (χ4v) is 6.73. The third-order valence-corrected chi connectivity index (χ3v) is 11.0. The van der Waals surface area contributed by atoms with Crippen molar-refractivity contribution < 1.29 is 30.0 Å². The van der Waals surface area contributed by atoms with Crippen molar-refractivity contribution in [3.8, 4) is 11.3 Å². The van der Waals surface area contributed by atoms with Crippen LogP contribution in [0.1, 0.15) is 86.6 Å². The molecule has 0 bridgehead atoms. The van der Waals surface area contributed by atoms with Gasteiger partial charge in [-0.3, -0.25) is 9.78 Å². The molecule has 1 radical (unpaired) electrons. The summed E-state index contributed by atoms with van der Waals surface area (Å²) in [5, 5.41) is 17.3. The number of benzene rings is 4. The van der Waals surface area contributed by atoms with Crippen molar-refractivity contribution in [2.24, 2.45) is 23.8 Å². The maximum absolute atomic E-state index is 12.2. The van der Waals surface area contributed by atoms with E-state index in [1.165, 1.54) is 38.7 Å². The van der Waals surface area contributed by atoms with Gasteiger partial charge >= 0.3 is 0 Å². The van der Waals surface area contributed by atoms with Crippen LogP contribution in [0.15, 0.2) is 84.9 Å². The smallest absolute Gasteiger partial charge is 0.164 e. The molecule has 0 amide bonds. The molecule has 0 aliphatic rings. The predicted molar refractivity (Wildman–Crippen MR) is 207 cm³/mol. The Morgan fingerprint density at radius 2 is 1.48 bits per heavy atom. The normalized spacial score (nSPS) is 12.4. The van der Waals surface area contributed by atoms with Crippen LogP contribution in [0, 0.1) is 22.8 Å². The van der Waals surface area contributed by atoms with Gasteiger partial charge in [-0.15, -0.1) is 29.1 Å². The van der Waals surface area contributed by atoms with E-state index in [9.17, 15) is 9.90 Å². The molecule has 0 unspecified atom stereocenters. The van der Waals surface area contributed by atoms with Gasteiger partial charge in [-0.2, -0.15) is 0 Å². The molecule has 6 heteroatoms. The Labute approximate surface area is 311 Å². The average Bonchev–Trinajstić information content (AvgIpc) is 3.42. The van der Waals surface area contributed by atoms with E-state index >= 15 is 0 Å². The van der Waals surface area contributed by atoms with Crippen LogP contribution >= 0.6 is 0 Å². The minimum Gasteiger partial charge on any atom is -0.512 e. The molecule has 2 aromatic heterocycles. The summed E-state index contributed by atoms with van der Waals surface area (Å²) < 4.78 is 2.20. The van der Waals surface area contributed by atoms with E-state index in [1.54, 1.807) is 6.33 Å². The van der Waals surface area contributed by atoms with Crippen LogP contribution in [-0.4, -0.2) is 25.4 Å². The van der Waals surface area contributed by atoms with Crippen LogP contribution in [0.4, 0.5) is 0 Å². The zero-order valence-corrected chi connectivity index (χ0v) is 33.5. The van der Waals surface area contributed by atoms with Gasteiger partial charge < -0.3 is 9.67 Å². The molecule has 5 nitrogen and oxygen atoms in total. The number of fused-ring (bicyclic) bond motifs is 6. The molecule has 6 rings (SSSR count). The summed E-state index contributed by atoms with van der Waals surface area (Å²) in [5.41, 5.74) is 4.88. The summed E-state index contributed by atoms with van der Waals surface area (Å²) in [5.74, 6) is 0.858. The van der Waals surface area contributed by atoms with Gasteiger partial charge in [-0.25, -0.2) is 4.98 Å². The van der Waals surface area contributed by atoms with Gasteiger partial charge in [-0.1, -0.05) is 121 Å². The van der Waals surface area contributed by atoms with Gasteiger partial charge in [0.2, 0.25) is 0 Å². The van der Waals surface area contributed by atoms with E-state index < -0.39 is 0 Å². The summed E-state index contributed by atoms with van der Waals surface area (Å²) in [6.07, 6.45) is 7.46. The number of hydrogen-bond donors (Lipinski definition) is 1. The molecule has 0 spiro atoms. The number of ketones is 1. The van der Waals surface area contributed by atoms with E-state index in [0.29, 0.717) is 5.92 Å². The Bertz CT molecular complexity index is 2150. The quantitative estimate of drug-likeness (QED) is 0.0847. The maximum atomic E-state index is 12.2. The number of rotatable bonds is 10. The molecule has 1 N–H and O–H groups in total. The van der Waals surface area contributed by atoms with E-state index in [-0.39, 0.29) is 42.5 Å². The number of nitrogens with zero attached hydrogens (tertiary/aromatic N) is 3. The van der Waals surface area contributed by atoms with Crippen LogP contribution in [-0.2, 0) is 38.4 Å². The second kappa shape index (κ2) is 16.0. The molecule has 0 saturated carbocycles. The minimum absolute atomic E-state index is 0. The van der Waals surface area contributed by atoms with Gasteiger partial charge in [0.15, 0.2) is 5.78 Å². The minimum atomic E-state index is -0.337. The number of carbonyl (C=O) groups is 1. The molecule has 0 aliphatic carbocycles.